The van der Waals surface area contributed by atoms with Gasteiger partial charge in [-0.1, -0.05) is 13.8 Å². The predicted octanol–water partition coefficient (Wildman–Crippen LogP) is 0.818. The van der Waals surface area contributed by atoms with Gasteiger partial charge in [0.15, 0.2) is 9.84 Å². The minimum atomic E-state index is -3.55. The van der Waals surface area contributed by atoms with E-state index in [1.54, 1.807) is 0 Å². The average Bonchev–Trinajstić information content (AvgIpc) is 2.93. The zero-order valence-electron chi connectivity index (χ0n) is 12.0. The van der Waals surface area contributed by atoms with Crippen LogP contribution in [0.25, 0.3) is 0 Å². The van der Waals surface area contributed by atoms with Crippen molar-refractivity contribution in [1.29, 1.82) is 0 Å². The van der Waals surface area contributed by atoms with Crippen LogP contribution in [-0.4, -0.2) is 43.5 Å². The third-order valence-corrected chi connectivity index (χ3v) is 5.16. The zero-order valence-corrected chi connectivity index (χ0v) is 12.8. The SMILES string of the molecule is CC(C)CCNC(=O)CS(=O)(=O)CC1(CC(=O)O)CC1. The highest BCUT2D eigenvalue weighted by atomic mass is 32.2. The number of carbonyl (C=O) groups is 2. The molecule has 20 heavy (non-hydrogen) atoms. The smallest absolute Gasteiger partial charge is 0.303 e. The van der Waals surface area contributed by atoms with E-state index in [-0.39, 0.29) is 12.2 Å². The quantitative estimate of drug-likeness (QED) is 0.657. The number of hydrogen-bond donors (Lipinski definition) is 2. The van der Waals surface area contributed by atoms with Crippen LogP contribution in [0.2, 0.25) is 0 Å². The maximum Gasteiger partial charge on any atom is 0.303 e. The Balaban J connectivity index is 2.41. The van der Waals surface area contributed by atoms with E-state index >= 15 is 0 Å². The Morgan fingerprint density at radius 3 is 2.35 bits per heavy atom. The van der Waals surface area contributed by atoms with Gasteiger partial charge < -0.3 is 10.4 Å². The summed E-state index contributed by atoms with van der Waals surface area (Å²) in [6.45, 7) is 4.50. The van der Waals surface area contributed by atoms with Gasteiger partial charge >= 0.3 is 5.97 Å². The molecule has 0 aromatic rings. The molecule has 0 spiro atoms. The van der Waals surface area contributed by atoms with Gasteiger partial charge in [0.2, 0.25) is 5.91 Å². The number of sulfone groups is 1. The van der Waals surface area contributed by atoms with Crippen molar-refractivity contribution < 1.29 is 23.1 Å². The third kappa shape index (κ3) is 6.36. The van der Waals surface area contributed by atoms with Crippen LogP contribution in [0.1, 0.15) is 39.5 Å². The van der Waals surface area contributed by atoms with Crippen LogP contribution in [0.4, 0.5) is 0 Å². The fourth-order valence-corrected chi connectivity index (χ4v) is 4.07. The standard InChI is InChI=1S/C13H23NO5S/c1-10(2)3-6-14-11(15)8-20(18,19)9-13(4-5-13)7-12(16)17/h10H,3-9H2,1-2H3,(H,14,15)(H,16,17). The van der Waals surface area contributed by atoms with Crippen LogP contribution < -0.4 is 5.32 Å². The predicted molar refractivity (Wildman–Crippen MR) is 75.0 cm³/mol. The second-order valence-electron chi connectivity index (χ2n) is 6.14. The molecule has 0 radical (unpaired) electrons. The lowest BCUT2D eigenvalue weighted by Gasteiger charge is -2.13. The highest BCUT2D eigenvalue weighted by Gasteiger charge is 2.47. The van der Waals surface area contributed by atoms with E-state index in [2.05, 4.69) is 5.32 Å². The van der Waals surface area contributed by atoms with Gasteiger partial charge in [0.05, 0.1) is 12.2 Å². The lowest BCUT2D eigenvalue weighted by molar-refractivity contribution is -0.138. The van der Waals surface area contributed by atoms with Gasteiger partial charge in [0, 0.05) is 6.54 Å². The van der Waals surface area contributed by atoms with Crippen LogP contribution in [0.5, 0.6) is 0 Å². The molecule has 2 N–H and O–H groups in total. The highest BCUT2D eigenvalue weighted by molar-refractivity contribution is 7.92. The van der Waals surface area contributed by atoms with Crippen molar-refractivity contribution in [3.8, 4) is 0 Å². The van der Waals surface area contributed by atoms with Crippen LogP contribution in [-0.2, 0) is 19.4 Å². The molecule has 0 heterocycles. The van der Waals surface area contributed by atoms with Crippen molar-refractivity contribution >= 4 is 21.7 Å². The van der Waals surface area contributed by atoms with E-state index in [1.165, 1.54) is 0 Å². The molecule has 116 valence electrons. The van der Waals surface area contributed by atoms with Gasteiger partial charge in [-0.3, -0.25) is 9.59 Å². The maximum atomic E-state index is 11.9. The molecule has 1 aliphatic rings. The summed E-state index contributed by atoms with van der Waals surface area (Å²) in [4.78, 5) is 22.3. The molecule has 6 nitrogen and oxygen atoms in total. The summed E-state index contributed by atoms with van der Waals surface area (Å²) in [5, 5.41) is 11.3. The number of hydrogen-bond acceptors (Lipinski definition) is 4. The molecular formula is C13H23NO5S. The summed E-state index contributed by atoms with van der Waals surface area (Å²) >= 11 is 0. The Hall–Kier alpha value is -1.11. The van der Waals surface area contributed by atoms with Crippen LogP contribution in [0.15, 0.2) is 0 Å². The second kappa shape index (κ2) is 6.56. The molecule has 1 rings (SSSR count). The van der Waals surface area contributed by atoms with E-state index in [4.69, 9.17) is 5.11 Å². The van der Waals surface area contributed by atoms with Gasteiger partial charge in [-0.05, 0) is 30.6 Å². The fourth-order valence-electron chi connectivity index (χ4n) is 2.14. The van der Waals surface area contributed by atoms with Gasteiger partial charge in [0.1, 0.15) is 5.75 Å². The topological polar surface area (TPSA) is 101 Å². The van der Waals surface area contributed by atoms with E-state index < -0.39 is 32.9 Å². The van der Waals surface area contributed by atoms with Crippen molar-refractivity contribution in [3.05, 3.63) is 0 Å². The molecule has 1 amide bonds. The van der Waals surface area contributed by atoms with E-state index in [1.807, 2.05) is 13.8 Å². The minimum absolute atomic E-state index is 0.138. The number of carboxylic acid groups (broad SMARTS) is 1. The van der Waals surface area contributed by atoms with Gasteiger partial charge in [-0.2, -0.15) is 0 Å². The number of carboxylic acids is 1. The largest absolute Gasteiger partial charge is 0.481 e. The van der Waals surface area contributed by atoms with Gasteiger partial charge in [-0.15, -0.1) is 0 Å². The monoisotopic (exact) mass is 305 g/mol. The Morgan fingerprint density at radius 2 is 1.90 bits per heavy atom. The summed E-state index contributed by atoms with van der Waals surface area (Å²) in [6, 6.07) is 0. The second-order valence-corrected chi connectivity index (χ2v) is 8.20. The molecule has 0 atom stereocenters. The maximum absolute atomic E-state index is 11.9. The van der Waals surface area contributed by atoms with Gasteiger partial charge in [0.25, 0.3) is 0 Å². The number of amides is 1. The van der Waals surface area contributed by atoms with Crippen LogP contribution in [0.3, 0.4) is 0 Å². The Bertz CT molecular complexity index is 465. The zero-order chi connectivity index (χ0) is 15.4. The summed E-state index contributed by atoms with van der Waals surface area (Å²) in [6.07, 6.45) is 1.87. The van der Waals surface area contributed by atoms with Crippen molar-refractivity contribution in [1.82, 2.24) is 5.32 Å². The summed E-state index contributed by atoms with van der Waals surface area (Å²) in [5.74, 6) is -1.80. The van der Waals surface area contributed by atoms with Crippen molar-refractivity contribution in [2.75, 3.05) is 18.1 Å². The molecule has 7 heteroatoms. The Kier molecular flexibility index (Phi) is 5.56. The molecule has 1 aliphatic carbocycles. The number of aliphatic carboxylic acids is 1. The van der Waals surface area contributed by atoms with Crippen LogP contribution >= 0.6 is 0 Å². The van der Waals surface area contributed by atoms with Crippen molar-refractivity contribution in [2.24, 2.45) is 11.3 Å². The minimum Gasteiger partial charge on any atom is -0.481 e. The third-order valence-electron chi connectivity index (χ3n) is 3.40. The molecule has 0 unspecified atom stereocenters. The number of nitrogens with one attached hydrogen (secondary N) is 1. The summed E-state index contributed by atoms with van der Waals surface area (Å²) in [7, 11) is -3.55. The Labute approximate surface area is 119 Å². The first-order valence-electron chi connectivity index (χ1n) is 6.83. The van der Waals surface area contributed by atoms with Gasteiger partial charge in [-0.25, -0.2) is 8.42 Å². The molecule has 0 bridgehead atoms. The van der Waals surface area contributed by atoms with E-state index in [0.717, 1.165) is 6.42 Å². The fraction of sp³-hybridized carbons (Fsp3) is 0.846. The highest BCUT2D eigenvalue weighted by Crippen LogP contribution is 2.49. The number of carbonyl (C=O) groups excluding carboxylic acids is 1. The Morgan fingerprint density at radius 1 is 1.30 bits per heavy atom. The average molecular weight is 305 g/mol. The molecule has 1 saturated carbocycles. The molecule has 0 aliphatic heterocycles. The molecule has 1 fully saturated rings. The molecule has 0 aromatic carbocycles. The molecular weight excluding hydrogens is 282 g/mol. The summed E-state index contributed by atoms with van der Waals surface area (Å²) < 4.78 is 23.8. The normalized spacial score (nSPS) is 16.9. The van der Waals surface area contributed by atoms with E-state index in [9.17, 15) is 18.0 Å². The lowest BCUT2D eigenvalue weighted by atomic mass is 10.1. The van der Waals surface area contributed by atoms with Crippen molar-refractivity contribution in [3.63, 3.8) is 0 Å². The lowest BCUT2D eigenvalue weighted by Crippen LogP contribution is -2.34. The molecule has 0 saturated heterocycles. The first kappa shape index (κ1) is 16.9. The number of rotatable bonds is 9. The first-order chi connectivity index (χ1) is 9.14. The molecule has 0 aromatic heterocycles. The first-order valence-corrected chi connectivity index (χ1v) is 8.65. The van der Waals surface area contributed by atoms with Crippen molar-refractivity contribution in [2.45, 2.75) is 39.5 Å². The van der Waals surface area contributed by atoms with E-state index in [0.29, 0.717) is 25.3 Å². The summed E-state index contributed by atoms with van der Waals surface area (Å²) in [5.41, 5.74) is -0.636. The van der Waals surface area contributed by atoms with Crippen LogP contribution in [0, 0.1) is 11.3 Å².